The molecule has 1 amide bonds. The summed E-state index contributed by atoms with van der Waals surface area (Å²) in [4.78, 5) is 29.2. The quantitative estimate of drug-likeness (QED) is 0.373. The number of hydrogen-bond acceptors (Lipinski definition) is 5. The normalized spacial score (nSPS) is 11.0. The van der Waals surface area contributed by atoms with Gasteiger partial charge in [0.05, 0.1) is 29.3 Å². The maximum atomic E-state index is 12.4. The molecule has 0 aliphatic carbocycles. The number of amides is 1. The number of nitrogens with one attached hydrogen (secondary N) is 1. The zero-order valence-corrected chi connectivity index (χ0v) is 19.5. The van der Waals surface area contributed by atoms with Gasteiger partial charge in [-0.15, -0.1) is 11.3 Å². The molecule has 0 unspecified atom stereocenters. The van der Waals surface area contributed by atoms with Crippen LogP contribution in [0.5, 0.6) is 5.75 Å². The number of hydrogen-bond donors (Lipinski definition) is 1. The van der Waals surface area contributed by atoms with E-state index >= 15 is 0 Å². The largest absolute Gasteiger partial charge is 0.491 e. The van der Waals surface area contributed by atoms with E-state index in [1.54, 1.807) is 0 Å². The fraction of sp³-hybridized carbons (Fsp3) is 0.222. The first-order chi connectivity index (χ1) is 16.0. The molecule has 0 spiro atoms. The molecule has 1 N–H and O–H groups in total. The molecule has 0 aliphatic rings. The maximum Gasteiger partial charge on any atom is 0.227 e. The van der Waals surface area contributed by atoms with Gasteiger partial charge in [-0.05, 0) is 54.8 Å². The Labute approximate surface area is 197 Å². The average molecular weight is 459 g/mol. The monoisotopic (exact) mass is 458 g/mol. The summed E-state index contributed by atoms with van der Waals surface area (Å²) in [5.41, 5.74) is 4.04. The molecular weight excluding hydrogens is 432 g/mol. The van der Waals surface area contributed by atoms with Gasteiger partial charge >= 0.3 is 0 Å². The van der Waals surface area contributed by atoms with Crippen molar-refractivity contribution in [1.29, 1.82) is 0 Å². The second-order valence-electron chi connectivity index (χ2n) is 8.14. The van der Waals surface area contributed by atoms with Crippen molar-refractivity contribution < 1.29 is 14.3 Å². The number of fused-ring (bicyclic) bond motifs is 1. The Morgan fingerprint density at radius 3 is 2.42 bits per heavy atom. The van der Waals surface area contributed by atoms with Crippen LogP contribution in [0, 0.1) is 0 Å². The molecule has 6 heteroatoms. The lowest BCUT2D eigenvalue weighted by Gasteiger charge is -2.10. The molecule has 1 aromatic heterocycles. The molecule has 3 aromatic carbocycles. The average Bonchev–Trinajstić information content (AvgIpc) is 3.20. The molecule has 0 atom stereocenters. The highest BCUT2D eigenvalue weighted by atomic mass is 32.1. The fourth-order valence-electron chi connectivity index (χ4n) is 3.50. The maximum absolute atomic E-state index is 12.4. The predicted octanol–water partition coefficient (Wildman–Crippen LogP) is 5.22. The van der Waals surface area contributed by atoms with E-state index in [9.17, 15) is 9.59 Å². The third-order valence-electron chi connectivity index (χ3n) is 5.03. The van der Waals surface area contributed by atoms with Crippen molar-refractivity contribution in [2.75, 3.05) is 6.54 Å². The number of aromatic nitrogens is 1. The van der Waals surface area contributed by atoms with E-state index in [0.29, 0.717) is 0 Å². The van der Waals surface area contributed by atoms with Gasteiger partial charge in [-0.1, -0.05) is 48.5 Å². The molecule has 4 rings (SSSR count). The standard InChI is InChI=1S/C27H26N2O3S/c1-18(2)32-23-11-8-19(9-12-23)14-22(30)17-28-26(31)16-27-29-24-13-10-21(15-25(24)33-27)20-6-4-3-5-7-20/h3-13,15,18H,14,16-17H2,1-2H3,(H,28,31). The Bertz CT molecular complexity index is 1250. The van der Waals surface area contributed by atoms with Crippen molar-refractivity contribution in [1.82, 2.24) is 10.3 Å². The van der Waals surface area contributed by atoms with Gasteiger partial charge in [0.15, 0.2) is 5.78 Å². The van der Waals surface area contributed by atoms with E-state index in [2.05, 4.69) is 28.5 Å². The number of carbonyl (C=O) groups excluding carboxylic acids is 2. The Morgan fingerprint density at radius 1 is 0.939 bits per heavy atom. The molecule has 33 heavy (non-hydrogen) atoms. The molecule has 0 saturated heterocycles. The number of thiazole rings is 1. The van der Waals surface area contributed by atoms with Crippen LogP contribution in [0.3, 0.4) is 0 Å². The van der Waals surface area contributed by atoms with Crippen molar-refractivity contribution in [2.24, 2.45) is 0 Å². The lowest BCUT2D eigenvalue weighted by molar-refractivity contribution is -0.124. The summed E-state index contributed by atoms with van der Waals surface area (Å²) in [7, 11) is 0. The van der Waals surface area contributed by atoms with Gasteiger partial charge in [-0.3, -0.25) is 9.59 Å². The van der Waals surface area contributed by atoms with E-state index in [4.69, 9.17) is 4.74 Å². The third kappa shape index (κ3) is 6.26. The molecule has 0 fully saturated rings. The summed E-state index contributed by atoms with van der Waals surface area (Å²) in [6.07, 6.45) is 0.536. The highest BCUT2D eigenvalue weighted by Gasteiger charge is 2.12. The van der Waals surface area contributed by atoms with Crippen LogP contribution < -0.4 is 10.1 Å². The van der Waals surface area contributed by atoms with E-state index in [0.717, 1.165) is 37.7 Å². The zero-order valence-electron chi connectivity index (χ0n) is 18.7. The molecule has 4 aromatic rings. The van der Waals surface area contributed by atoms with Crippen LogP contribution in [-0.2, 0) is 22.4 Å². The van der Waals surface area contributed by atoms with Crippen LogP contribution in [0.25, 0.3) is 21.3 Å². The number of nitrogens with zero attached hydrogens (tertiary/aromatic N) is 1. The van der Waals surface area contributed by atoms with Gasteiger partial charge in [0.2, 0.25) is 5.91 Å². The van der Waals surface area contributed by atoms with E-state index in [1.807, 2.05) is 68.4 Å². The van der Waals surface area contributed by atoms with Crippen LogP contribution in [0.2, 0.25) is 0 Å². The Kier molecular flexibility index (Phi) is 7.15. The first-order valence-corrected chi connectivity index (χ1v) is 11.8. The van der Waals surface area contributed by atoms with Crippen LogP contribution >= 0.6 is 11.3 Å². The Morgan fingerprint density at radius 2 is 1.70 bits per heavy atom. The Balaban J connectivity index is 1.30. The summed E-state index contributed by atoms with van der Waals surface area (Å²) in [5.74, 6) is 0.533. The van der Waals surface area contributed by atoms with Crippen molar-refractivity contribution in [3.05, 3.63) is 83.4 Å². The molecule has 0 radical (unpaired) electrons. The predicted molar refractivity (Wildman–Crippen MR) is 133 cm³/mol. The number of ether oxygens (including phenoxy) is 1. The minimum absolute atomic E-state index is 0.00608. The van der Waals surface area contributed by atoms with Crippen LogP contribution in [0.15, 0.2) is 72.8 Å². The topological polar surface area (TPSA) is 68.3 Å². The first-order valence-electron chi connectivity index (χ1n) is 10.9. The summed E-state index contributed by atoms with van der Waals surface area (Å²) >= 11 is 1.51. The lowest BCUT2D eigenvalue weighted by Crippen LogP contribution is -2.31. The van der Waals surface area contributed by atoms with Gasteiger partial charge in [0.1, 0.15) is 10.8 Å². The summed E-state index contributed by atoms with van der Waals surface area (Å²) in [6, 6.07) is 23.8. The number of Topliss-reactive ketones (excluding diaryl/α,β-unsaturated/α-hetero) is 1. The van der Waals surface area contributed by atoms with Crippen LogP contribution in [0.4, 0.5) is 0 Å². The Hall–Kier alpha value is -3.51. The second kappa shape index (κ2) is 10.4. The SMILES string of the molecule is CC(C)Oc1ccc(CC(=O)CNC(=O)Cc2nc3ccc(-c4ccccc4)cc3s2)cc1. The summed E-state index contributed by atoms with van der Waals surface area (Å²) in [6.45, 7) is 3.94. The van der Waals surface area contributed by atoms with Gasteiger partial charge in [0.25, 0.3) is 0 Å². The van der Waals surface area contributed by atoms with Gasteiger partial charge in [-0.2, -0.15) is 0 Å². The number of rotatable bonds is 9. The van der Waals surface area contributed by atoms with Crippen molar-refractivity contribution in [3.8, 4) is 16.9 Å². The molecule has 1 heterocycles. The molecule has 0 saturated carbocycles. The minimum Gasteiger partial charge on any atom is -0.491 e. The third-order valence-corrected chi connectivity index (χ3v) is 6.05. The number of carbonyl (C=O) groups is 2. The zero-order chi connectivity index (χ0) is 23.2. The first kappa shape index (κ1) is 22.7. The summed E-state index contributed by atoms with van der Waals surface area (Å²) in [5, 5.41) is 3.46. The van der Waals surface area contributed by atoms with Crippen LogP contribution in [0.1, 0.15) is 24.4 Å². The van der Waals surface area contributed by atoms with Crippen LogP contribution in [-0.4, -0.2) is 29.3 Å². The molecule has 0 bridgehead atoms. The number of ketones is 1. The van der Waals surface area contributed by atoms with Crippen molar-refractivity contribution in [3.63, 3.8) is 0 Å². The highest BCUT2D eigenvalue weighted by Crippen LogP contribution is 2.28. The number of benzene rings is 3. The molecule has 168 valence electrons. The van der Waals surface area contributed by atoms with E-state index in [1.165, 1.54) is 11.3 Å². The molecule has 5 nitrogen and oxygen atoms in total. The molecule has 0 aliphatic heterocycles. The minimum atomic E-state index is -0.202. The van der Waals surface area contributed by atoms with Gasteiger partial charge in [-0.25, -0.2) is 4.98 Å². The van der Waals surface area contributed by atoms with E-state index < -0.39 is 0 Å². The second-order valence-corrected chi connectivity index (χ2v) is 9.25. The van der Waals surface area contributed by atoms with Gasteiger partial charge < -0.3 is 10.1 Å². The van der Waals surface area contributed by atoms with Crippen molar-refractivity contribution in [2.45, 2.75) is 32.8 Å². The highest BCUT2D eigenvalue weighted by molar-refractivity contribution is 7.18. The smallest absolute Gasteiger partial charge is 0.227 e. The fourth-order valence-corrected chi connectivity index (χ4v) is 4.51. The lowest BCUT2D eigenvalue weighted by atomic mass is 10.1. The summed E-state index contributed by atoms with van der Waals surface area (Å²) < 4.78 is 6.66. The van der Waals surface area contributed by atoms with Crippen molar-refractivity contribution >= 4 is 33.2 Å². The molecular formula is C27H26N2O3S. The van der Waals surface area contributed by atoms with E-state index in [-0.39, 0.29) is 37.2 Å². The van der Waals surface area contributed by atoms with Gasteiger partial charge in [0, 0.05) is 6.42 Å².